The third kappa shape index (κ3) is 5.39. The van der Waals surface area contributed by atoms with Crippen molar-refractivity contribution >= 4 is 34.2 Å². The molecule has 7 heteroatoms. The Hall–Kier alpha value is -0.990. The number of unbranched alkanes of at least 4 members (excludes halogenated alkanes) is 2. The Bertz CT molecular complexity index is 845. The zero-order valence-electron chi connectivity index (χ0n) is 19.3. The summed E-state index contributed by atoms with van der Waals surface area (Å²) in [5.41, 5.74) is 2.49. The molecule has 3 aliphatic rings. The normalized spacial score (nSPS) is 29.6. The van der Waals surface area contributed by atoms with Gasteiger partial charge in [-0.05, 0) is 37.8 Å². The summed E-state index contributed by atoms with van der Waals surface area (Å²) in [6.07, 6.45) is 5.96. The molecule has 4 rings (SSSR count). The van der Waals surface area contributed by atoms with Crippen LogP contribution in [-0.2, 0) is 20.7 Å². The number of amides is 1. The average molecular weight is 478 g/mol. The topological polar surface area (TPSA) is 59.0 Å². The van der Waals surface area contributed by atoms with E-state index in [1.807, 2.05) is 26.0 Å². The van der Waals surface area contributed by atoms with Crippen molar-refractivity contribution in [2.45, 2.75) is 108 Å². The Morgan fingerprint density at radius 3 is 2.81 bits per heavy atom. The monoisotopic (exact) mass is 477 g/mol. The van der Waals surface area contributed by atoms with Gasteiger partial charge in [0, 0.05) is 18.1 Å². The number of aliphatic hydroxyl groups excluding tert-OH is 1. The number of hydrogen-bond donors (Lipinski definition) is 1. The molecule has 0 spiro atoms. The molecule has 0 bridgehead atoms. The minimum Gasteiger partial charge on any atom is -0.392 e. The van der Waals surface area contributed by atoms with Crippen molar-refractivity contribution in [2.24, 2.45) is 0 Å². The number of benzene rings is 1. The minimum absolute atomic E-state index is 0.00962. The summed E-state index contributed by atoms with van der Waals surface area (Å²) in [6, 6.07) is 8.29. The molecule has 1 amide bonds. The van der Waals surface area contributed by atoms with E-state index in [4.69, 9.17) is 21.7 Å². The van der Waals surface area contributed by atoms with Crippen LogP contribution < -0.4 is 0 Å². The van der Waals surface area contributed by atoms with Crippen molar-refractivity contribution in [3.63, 3.8) is 0 Å². The molecule has 1 aliphatic carbocycles. The van der Waals surface area contributed by atoms with Gasteiger partial charge >= 0.3 is 0 Å². The molecule has 0 radical (unpaired) electrons. The number of fused-ring (bicyclic) bond motifs is 3. The van der Waals surface area contributed by atoms with Gasteiger partial charge < -0.3 is 14.6 Å². The van der Waals surface area contributed by atoms with Crippen LogP contribution in [0.2, 0.25) is 0 Å². The second-order valence-electron chi connectivity index (χ2n) is 9.74. The van der Waals surface area contributed by atoms with Crippen LogP contribution in [0.25, 0.3) is 0 Å². The van der Waals surface area contributed by atoms with E-state index in [0.29, 0.717) is 10.7 Å². The first-order valence-electron chi connectivity index (χ1n) is 11.9. The first-order chi connectivity index (χ1) is 15.3. The molecule has 0 saturated carbocycles. The number of hydrogen-bond acceptors (Lipinski definition) is 6. The third-order valence-corrected chi connectivity index (χ3v) is 8.26. The Labute approximate surface area is 201 Å². The molecule has 32 heavy (non-hydrogen) atoms. The molecule has 2 heterocycles. The fraction of sp³-hybridized carbons (Fsp3) is 0.680. The largest absolute Gasteiger partial charge is 0.392 e. The van der Waals surface area contributed by atoms with Crippen LogP contribution in [0.4, 0.5) is 0 Å². The number of thiocarbonyl (C=S) groups is 1. The number of ether oxygens (including phenoxy) is 2. The molecule has 0 unspecified atom stereocenters. The number of nitrogens with zero attached hydrogens (tertiary/aromatic N) is 1. The number of carbonyl (C=O) groups is 1. The van der Waals surface area contributed by atoms with Gasteiger partial charge in [-0.15, -0.1) is 0 Å². The number of carbonyl (C=O) groups excluding carboxylic acids is 1. The lowest BCUT2D eigenvalue weighted by Crippen LogP contribution is -2.46. The van der Waals surface area contributed by atoms with Crippen LogP contribution >= 0.6 is 24.0 Å². The second kappa shape index (κ2) is 10.1. The van der Waals surface area contributed by atoms with Crippen molar-refractivity contribution in [3.05, 3.63) is 35.4 Å². The molecule has 0 aromatic heterocycles. The molecule has 1 aromatic rings. The molecule has 2 saturated heterocycles. The highest BCUT2D eigenvalue weighted by molar-refractivity contribution is 8.23. The molecular weight excluding hydrogens is 442 g/mol. The van der Waals surface area contributed by atoms with Crippen LogP contribution in [0.15, 0.2) is 24.3 Å². The van der Waals surface area contributed by atoms with Gasteiger partial charge in [0.05, 0.1) is 30.8 Å². The second-order valence-corrected chi connectivity index (χ2v) is 11.6. The van der Waals surface area contributed by atoms with Gasteiger partial charge in [0.1, 0.15) is 4.32 Å². The highest BCUT2D eigenvalue weighted by atomic mass is 32.2. The Morgan fingerprint density at radius 1 is 1.28 bits per heavy atom. The molecule has 5 nitrogen and oxygen atoms in total. The van der Waals surface area contributed by atoms with Crippen molar-refractivity contribution in [2.75, 3.05) is 0 Å². The third-order valence-electron chi connectivity index (χ3n) is 6.64. The molecule has 2 aliphatic heterocycles. The number of aliphatic hydroxyl groups is 1. The van der Waals surface area contributed by atoms with Crippen molar-refractivity contribution in [1.29, 1.82) is 0 Å². The molecule has 5 atom stereocenters. The maximum Gasteiger partial charge on any atom is 0.231 e. The fourth-order valence-corrected chi connectivity index (χ4v) is 7.19. The van der Waals surface area contributed by atoms with Gasteiger partial charge in [0.25, 0.3) is 0 Å². The van der Waals surface area contributed by atoms with Crippen molar-refractivity contribution in [1.82, 2.24) is 4.90 Å². The first kappa shape index (κ1) is 24.1. The van der Waals surface area contributed by atoms with Gasteiger partial charge in [0.2, 0.25) is 5.91 Å². The lowest BCUT2D eigenvalue weighted by molar-refractivity contribution is -0.303. The van der Waals surface area contributed by atoms with Gasteiger partial charge in [-0.3, -0.25) is 9.69 Å². The van der Waals surface area contributed by atoms with E-state index in [9.17, 15) is 9.90 Å². The van der Waals surface area contributed by atoms with E-state index in [1.165, 1.54) is 24.0 Å². The summed E-state index contributed by atoms with van der Waals surface area (Å²) < 4.78 is 12.8. The van der Waals surface area contributed by atoms with E-state index < -0.39 is 11.9 Å². The van der Waals surface area contributed by atoms with E-state index >= 15 is 0 Å². The predicted octanol–water partition coefficient (Wildman–Crippen LogP) is 5.14. The van der Waals surface area contributed by atoms with Crippen LogP contribution in [-0.4, -0.2) is 49.6 Å². The Kier molecular flexibility index (Phi) is 7.62. The molecule has 1 aromatic carbocycles. The molecule has 1 N–H and O–H groups in total. The number of thioether (sulfide) groups is 1. The highest BCUT2D eigenvalue weighted by Crippen LogP contribution is 2.49. The summed E-state index contributed by atoms with van der Waals surface area (Å²) >= 11 is 7.17. The summed E-state index contributed by atoms with van der Waals surface area (Å²) in [6.45, 7) is 6.06. The predicted molar refractivity (Wildman–Crippen MR) is 132 cm³/mol. The van der Waals surface area contributed by atoms with Gasteiger partial charge in [-0.2, -0.15) is 0 Å². The maximum atomic E-state index is 13.2. The summed E-state index contributed by atoms with van der Waals surface area (Å²) in [4.78, 5) is 15.0. The van der Waals surface area contributed by atoms with Gasteiger partial charge in [-0.25, -0.2) is 0 Å². The van der Waals surface area contributed by atoms with Crippen LogP contribution in [0, 0.1) is 0 Å². The minimum atomic E-state index is -0.763. The van der Waals surface area contributed by atoms with E-state index in [1.54, 1.807) is 16.7 Å². The Balaban J connectivity index is 1.36. The van der Waals surface area contributed by atoms with Gasteiger partial charge in [0.15, 0.2) is 5.79 Å². The van der Waals surface area contributed by atoms with Crippen LogP contribution in [0.5, 0.6) is 0 Å². The zero-order chi connectivity index (χ0) is 22.9. The average Bonchev–Trinajstić information content (AvgIpc) is 3.20. The van der Waals surface area contributed by atoms with Crippen molar-refractivity contribution in [3.8, 4) is 0 Å². The zero-order valence-corrected chi connectivity index (χ0v) is 20.9. The number of rotatable bonds is 8. The smallest absolute Gasteiger partial charge is 0.231 e. The first-order valence-corrected chi connectivity index (χ1v) is 13.2. The fourth-order valence-electron chi connectivity index (χ4n) is 5.36. The standard InChI is InChI=1S/C25H35NO4S2/c1-4-5-6-10-18-15-19(30-25(2,3)29-18)13-17(27)14-22(28)26-23-20-11-8-7-9-16(20)12-21(23)32-24(26)31/h7-9,11,17-19,21,23,27H,4-6,10,12-15H2,1-3H3/t17-,18+,19+,21+,23-/m0/s1. The molecular formula is C25H35NO4S2. The summed E-state index contributed by atoms with van der Waals surface area (Å²) in [5, 5.41) is 11.1. The van der Waals surface area contributed by atoms with E-state index in [-0.39, 0.29) is 35.8 Å². The SMILES string of the molecule is CCCCC[C@@H]1C[C@@H](C[C@H](O)CC(=O)N2C(=S)S[C@@H]3Cc4ccccc4[C@@H]32)OC(C)(C)O1. The van der Waals surface area contributed by atoms with Crippen LogP contribution in [0.1, 0.15) is 82.9 Å². The van der Waals surface area contributed by atoms with Gasteiger partial charge in [-0.1, -0.05) is 74.4 Å². The van der Waals surface area contributed by atoms with E-state index in [0.717, 1.165) is 25.7 Å². The van der Waals surface area contributed by atoms with Crippen LogP contribution in [0.3, 0.4) is 0 Å². The summed E-state index contributed by atoms with van der Waals surface area (Å²) in [7, 11) is 0. The molecule has 2 fully saturated rings. The molecule has 176 valence electrons. The summed E-state index contributed by atoms with van der Waals surface area (Å²) in [5.74, 6) is -0.762. The lowest BCUT2D eigenvalue weighted by Gasteiger charge is -2.41. The quantitative estimate of drug-likeness (QED) is 0.413. The lowest BCUT2D eigenvalue weighted by atomic mass is 9.97. The Morgan fingerprint density at radius 2 is 2.03 bits per heavy atom. The van der Waals surface area contributed by atoms with E-state index in [2.05, 4.69) is 19.1 Å². The van der Waals surface area contributed by atoms with Crippen molar-refractivity contribution < 1.29 is 19.4 Å². The highest BCUT2D eigenvalue weighted by Gasteiger charge is 2.47. The maximum absolute atomic E-state index is 13.2.